The molecule has 6 heteroatoms. The van der Waals surface area contributed by atoms with E-state index in [1.54, 1.807) is 7.11 Å². The molecule has 1 aliphatic heterocycles. The molecule has 2 heterocycles. The van der Waals surface area contributed by atoms with Crippen molar-refractivity contribution in [2.45, 2.75) is 57.9 Å². The van der Waals surface area contributed by atoms with E-state index >= 15 is 0 Å². The number of aromatic amines is 1. The Morgan fingerprint density at radius 1 is 1.31 bits per heavy atom. The molecule has 1 fully saturated rings. The molecule has 1 aromatic carbocycles. The maximum atomic E-state index is 13.3. The number of carbonyl (C=O) groups is 1. The van der Waals surface area contributed by atoms with Crippen LogP contribution >= 0.6 is 0 Å². The molecule has 0 spiro atoms. The first kappa shape index (κ1) is 17.1. The van der Waals surface area contributed by atoms with Gasteiger partial charge >= 0.3 is 0 Å². The Bertz CT molecular complexity index is 795. The molecule has 0 saturated heterocycles. The summed E-state index contributed by atoms with van der Waals surface area (Å²) in [7, 11) is 1.65. The molecule has 0 radical (unpaired) electrons. The Morgan fingerprint density at radius 2 is 2.04 bits per heavy atom. The first-order valence-electron chi connectivity index (χ1n) is 9.23. The van der Waals surface area contributed by atoms with E-state index in [0.29, 0.717) is 18.3 Å². The second-order valence-electron chi connectivity index (χ2n) is 7.27. The number of nitrogens with one attached hydrogen (secondary N) is 1. The highest BCUT2D eigenvalue weighted by atomic mass is 16.5. The van der Waals surface area contributed by atoms with Crippen LogP contribution in [0.2, 0.25) is 0 Å². The molecule has 2 aromatic rings. The summed E-state index contributed by atoms with van der Waals surface area (Å²) in [6.07, 6.45) is 2.88. The fourth-order valence-corrected chi connectivity index (χ4v) is 3.67. The van der Waals surface area contributed by atoms with Crippen LogP contribution in [-0.2, 0) is 17.7 Å². The lowest BCUT2D eigenvalue weighted by Gasteiger charge is -2.26. The summed E-state index contributed by atoms with van der Waals surface area (Å²) in [5, 5.41) is 7.40. The molecule has 1 N–H and O–H groups in total. The molecule has 1 aliphatic carbocycles. The maximum absolute atomic E-state index is 13.3. The predicted molar refractivity (Wildman–Crippen MR) is 97.1 cm³/mol. The van der Waals surface area contributed by atoms with E-state index in [0.717, 1.165) is 41.8 Å². The van der Waals surface area contributed by atoms with Crippen LogP contribution < -0.4 is 4.74 Å². The van der Waals surface area contributed by atoms with Crippen LogP contribution in [0.5, 0.6) is 5.75 Å². The van der Waals surface area contributed by atoms with E-state index in [1.165, 1.54) is 0 Å². The van der Waals surface area contributed by atoms with Gasteiger partial charge in [-0.25, -0.2) is 0 Å². The van der Waals surface area contributed by atoms with Crippen LogP contribution in [0.3, 0.4) is 0 Å². The zero-order valence-electron chi connectivity index (χ0n) is 15.5. The number of aromatic nitrogens is 2. The fourth-order valence-electron chi connectivity index (χ4n) is 3.67. The molecule has 1 amide bonds. The topological polar surface area (TPSA) is 67.5 Å². The Balaban J connectivity index is 1.58. The molecule has 1 aromatic heterocycles. The Kier molecular flexibility index (Phi) is 4.44. The lowest BCUT2D eigenvalue weighted by molar-refractivity contribution is -0.00702. The van der Waals surface area contributed by atoms with Gasteiger partial charge in [-0.15, -0.1) is 0 Å². The normalized spacial score (nSPS) is 22.0. The number of ether oxygens (including phenoxy) is 2. The molecule has 0 bridgehead atoms. The van der Waals surface area contributed by atoms with Gasteiger partial charge in [0.05, 0.1) is 25.0 Å². The third-order valence-corrected chi connectivity index (χ3v) is 5.20. The number of methoxy groups -OCH3 is 1. The molecule has 0 unspecified atom stereocenters. The van der Waals surface area contributed by atoms with Gasteiger partial charge < -0.3 is 14.4 Å². The van der Waals surface area contributed by atoms with Crippen molar-refractivity contribution in [3.8, 4) is 5.75 Å². The van der Waals surface area contributed by atoms with Gasteiger partial charge in [-0.3, -0.25) is 9.89 Å². The van der Waals surface area contributed by atoms with Gasteiger partial charge in [0, 0.05) is 24.6 Å². The number of benzene rings is 1. The number of rotatable bonds is 5. The first-order valence-corrected chi connectivity index (χ1v) is 9.23. The van der Waals surface area contributed by atoms with Crippen molar-refractivity contribution in [1.82, 2.24) is 15.1 Å². The van der Waals surface area contributed by atoms with Crippen LogP contribution in [0.1, 0.15) is 60.1 Å². The summed E-state index contributed by atoms with van der Waals surface area (Å²) >= 11 is 0. The summed E-state index contributed by atoms with van der Waals surface area (Å²) in [6.45, 7) is 4.63. The van der Waals surface area contributed by atoms with Crippen molar-refractivity contribution >= 4 is 5.91 Å². The molecule has 138 valence electrons. The SMILES string of the molecule is COc1ccc(CN(C(=O)c2n[nH]c3c2C[C@H](C)O[C@@H]3C)C2CC2)cc1. The third-order valence-electron chi connectivity index (χ3n) is 5.20. The summed E-state index contributed by atoms with van der Waals surface area (Å²) < 4.78 is 11.1. The Morgan fingerprint density at radius 3 is 2.69 bits per heavy atom. The van der Waals surface area contributed by atoms with Gasteiger partial charge in [0.15, 0.2) is 5.69 Å². The highest BCUT2D eigenvalue weighted by molar-refractivity contribution is 5.94. The van der Waals surface area contributed by atoms with Gasteiger partial charge in [0.25, 0.3) is 5.91 Å². The van der Waals surface area contributed by atoms with Crippen molar-refractivity contribution in [2.24, 2.45) is 0 Å². The van der Waals surface area contributed by atoms with E-state index in [9.17, 15) is 4.79 Å². The zero-order chi connectivity index (χ0) is 18.3. The molecular formula is C20H25N3O3. The van der Waals surface area contributed by atoms with Gasteiger partial charge in [-0.1, -0.05) is 12.1 Å². The van der Waals surface area contributed by atoms with Crippen LogP contribution in [0.15, 0.2) is 24.3 Å². The lowest BCUT2D eigenvalue weighted by Crippen LogP contribution is -2.34. The van der Waals surface area contributed by atoms with Gasteiger partial charge in [-0.05, 0) is 44.4 Å². The van der Waals surface area contributed by atoms with Crippen molar-refractivity contribution < 1.29 is 14.3 Å². The second-order valence-corrected chi connectivity index (χ2v) is 7.27. The van der Waals surface area contributed by atoms with E-state index in [4.69, 9.17) is 9.47 Å². The van der Waals surface area contributed by atoms with Crippen molar-refractivity contribution in [2.75, 3.05) is 7.11 Å². The largest absolute Gasteiger partial charge is 0.497 e. The molecular weight excluding hydrogens is 330 g/mol. The molecule has 1 saturated carbocycles. The smallest absolute Gasteiger partial charge is 0.275 e. The maximum Gasteiger partial charge on any atom is 0.275 e. The quantitative estimate of drug-likeness (QED) is 0.894. The summed E-state index contributed by atoms with van der Waals surface area (Å²) in [4.78, 5) is 15.2. The zero-order valence-corrected chi connectivity index (χ0v) is 15.5. The van der Waals surface area contributed by atoms with Gasteiger partial charge in [0.2, 0.25) is 0 Å². The minimum atomic E-state index is -0.0567. The van der Waals surface area contributed by atoms with Crippen LogP contribution in [-0.4, -0.2) is 40.3 Å². The number of fused-ring (bicyclic) bond motifs is 1. The number of H-pyrrole nitrogens is 1. The lowest BCUT2D eigenvalue weighted by atomic mass is 9.99. The van der Waals surface area contributed by atoms with E-state index in [2.05, 4.69) is 10.2 Å². The molecule has 2 aliphatic rings. The minimum absolute atomic E-state index is 0.0159. The number of amides is 1. The Hall–Kier alpha value is -2.34. The van der Waals surface area contributed by atoms with Crippen molar-refractivity contribution in [3.63, 3.8) is 0 Å². The van der Waals surface area contributed by atoms with Crippen molar-refractivity contribution in [3.05, 3.63) is 46.8 Å². The summed E-state index contributed by atoms with van der Waals surface area (Å²) in [6, 6.07) is 8.20. The average molecular weight is 355 g/mol. The first-order chi connectivity index (χ1) is 12.6. The number of hydrogen-bond acceptors (Lipinski definition) is 4. The number of hydrogen-bond donors (Lipinski definition) is 1. The number of carbonyl (C=O) groups excluding carboxylic acids is 1. The predicted octanol–water partition coefficient (Wildman–Crippen LogP) is 3.25. The average Bonchev–Trinajstić information content (AvgIpc) is 3.38. The van der Waals surface area contributed by atoms with Gasteiger partial charge in [-0.2, -0.15) is 5.10 Å². The van der Waals surface area contributed by atoms with E-state index < -0.39 is 0 Å². The summed E-state index contributed by atoms with van der Waals surface area (Å²) in [5.41, 5.74) is 3.61. The van der Waals surface area contributed by atoms with Crippen LogP contribution in [0.4, 0.5) is 0 Å². The fraction of sp³-hybridized carbons (Fsp3) is 0.500. The standard InChI is InChI=1S/C20H25N3O3/c1-12-10-17-18(13(2)26-12)21-22-19(17)20(24)23(15-6-7-15)11-14-4-8-16(25-3)9-5-14/h4-5,8-9,12-13,15H,6-7,10-11H2,1-3H3,(H,21,22)/t12-,13+/m0/s1. The molecule has 2 atom stereocenters. The van der Waals surface area contributed by atoms with Crippen molar-refractivity contribution in [1.29, 1.82) is 0 Å². The molecule has 26 heavy (non-hydrogen) atoms. The highest BCUT2D eigenvalue weighted by Crippen LogP contribution is 2.34. The molecule has 6 nitrogen and oxygen atoms in total. The minimum Gasteiger partial charge on any atom is -0.497 e. The van der Waals surface area contributed by atoms with E-state index in [1.807, 2.05) is 43.0 Å². The Labute approximate surface area is 153 Å². The van der Waals surface area contributed by atoms with E-state index in [-0.39, 0.29) is 18.1 Å². The van der Waals surface area contributed by atoms with Crippen LogP contribution in [0.25, 0.3) is 0 Å². The number of nitrogens with zero attached hydrogens (tertiary/aromatic N) is 2. The second kappa shape index (κ2) is 6.76. The highest BCUT2D eigenvalue weighted by Gasteiger charge is 2.37. The van der Waals surface area contributed by atoms with Crippen LogP contribution in [0, 0.1) is 0 Å². The van der Waals surface area contributed by atoms with Gasteiger partial charge in [0.1, 0.15) is 5.75 Å². The third kappa shape index (κ3) is 3.21. The molecule has 4 rings (SSSR count). The summed E-state index contributed by atoms with van der Waals surface area (Å²) in [5.74, 6) is 0.838. The monoisotopic (exact) mass is 355 g/mol.